The van der Waals surface area contributed by atoms with Crippen LogP contribution < -0.4 is 9.62 Å². The van der Waals surface area contributed by atoms with Gasteiger partial charge in [0.1, 0.15) is 6.04 Å². The smallest absolute Gasteiger partial charge is 0.243 e. The summed E-state index contributed by atoms with van der Waals surface area (Å²) in [7, 11) is -3.57. The third kappa shape index (κ3) is 9.76. The molecule has 0 fully saturated rings. The summed E-state index contributed by atoms with van der Waals surface area (Å²) in [6.45, 7) is 4.64. The predicted octanol–water partition coefficient (Wildman–Crippen LogP) is 6.01. The van der Waals surface area contributed by atoms with Crippen LogP contribution in [0.5, 0.6) is 0 Å². The van der Waals surface area contributed by atoms with E-state index in [2.05, 4.69) is 5.32 Å². The van der Waals surface area contributed by atoms with Gasteiger partial charge in [0.25, 0.3) is 0 Å². The number of anilines is 1. The zero-order valence-electron chi connectivity index (χ0n) is 23.6. The van der Waals surface area contributed by atoms with Crippen LogP contribution in [-0.4, -0.2) is 50.5 Å². The summed E-state index contributed by atoms with van der Waals surface area (Å²) in [4.78, 5) is 28.9. The van der Waals surface area contributed by atoms with Gasteiger partial charge in [-0.05, 0) is 55.2 Å². The van der Waals surface area contributed by atoms with Crippen molar-refractivity contribution >= 4 is 50.7 Å². The molecule has 1 atom stereocenters. The Hall–Kier alpha value is -3.07. The number of nitrogens with zero attached hydrogens (tertiary/aromatic N) is 2. The molecule has 0 aliphatic heterocycles. The molecule has 0 aliphatic rings. The monoisotopic (exact) mass is 617 g/mol. The zero-order valence-corrected chi connectivity index (χ0v) is 26.0. The van der Waals surface area contributed by atoms with E-state index < -0.39 is 16.1 Å². The number of carbonyl (C=O) groups is 2. The van der Waals surface area contributed by atoms with Crippen LogP contribution >= 0.6 is 23.2 Å². The molecule has 1 N–H and O–H groups in total. The molecule has 0 bridgehead atoms. The first-order valence-corrected chi connectivity index (χ1v) is 16.2. The van der Waals surface area contributed by atoms with Crippen molar-refractivity contribution in [1.82, 2.24) is 10.2 Å². The molecule has 3 aromatic carbocycles. The number of amides is 2. The Morgan fingerprint density at radius 1 is 0.927 bits per heavy atom. The highest BCUT2D eigenvalue weighted by Gasteiger charge is 2.30. The third-order valence-electron chi connectivity index (χ3n) is 6.63. The van der Waals surface area contributed by atoms with E-state index in [1.807, 2.05) is 56.3 Å². The maximum absolute atomic E-state index is 13.8. The average Bonchev–Trinajstić information content (AvgIpc) is 2.94. The highest BCUT2D eigenvalue weighted by atomic mass is 35.5. The molecular weight excluding hydrogens is 581 g/mol. The fraction of sp³-hybridized carbons (Fsp3) is 0.355. The summed E-state index contributed by atoms with van der Waals surface area (Å²) in [6, 6.07) is 21.1. The van der Waals surface area contributed by atoms with Gasteiger partial charge in [0, 0.05) is 32.5 Å². The zero-order chi connectivity index (χ0) is 30.0. The molecule has 0 radical (unpaired) electrons. The second-order valence-corrected chi connectivity index (χ2v) is 12.8. The molecule has 0 saturated carbocycles. The highest BCUT2D eigenvalue weighted by Crippen LogP contribution is 2.25. The highest BCUT2D eigenvalue weighted by molar-refractivity contribution is 7.92. The van der Waals surface area contributed by atoms with Gasteiger partial charge in [-0.2, -0.15) is 0 Å². The number of benzene rings is 3. The Morgan fingerprint density at radius 2 is 1.61 bits per heavy atom. The molecule has 7 nitrogen and oxygen atoms in total. The Kier molecular flexibility index (Phi) is 12.1. The Balaban J connectivity index is 1.88. The molecule has 3 aromatic rings. The van der Waals surface area contributed by atoms with Crippen LogP contribution in [-0.2, 0) is 32.6 Å². The van der Waals surface area contributed by atoms with Crippen LogP contribution in [0.1, 0.15) is 42.9 Å². The first kappa shape index (κ1) is 32.4. The van der Waals surface area contributed by atoms with Crippen molar-refractivity contribution < 1.29 is 18.0 Å². The van der Waals surface area contributed by atoms with Gasteiger partial charge in [-0.25, -0.2) is 8.42 Å². The largest absolute Gasteiger partial charge is 0.354 e. The van der Waals surface area contributed by atoms with Gasteiger partial charge < -0.3 is 10.2 Å². The first-order chi connectivity index (χ1) is 19.5. The molecule has 0 aromatic heterocycles. The van der Waals surface area contributed by atoms with Crippen molar-refractivity contribution in [1.29, 1.82) is 0 Å². The standard InChI is InChI=1S/C31H37Cl2N3O4S/c1-4-18-34-31(38)29(21-24-9-6-5-7-10-24)35(22-25-14-17-27(32)28(33)20-25)30(37)11-8-19-36(41(3,39)40)26-15-12-23(2)13-16-26/h5-7,9-10,12-17,20,29H,4,8,11,18-19,21-22H2,1-3H3,(H,34,38)/t29-/m0/s1. The van der Waals surface area contributed by atoms with E-state index in [9.17, 15) is 18.0 Å². The van der Waals surface area contributed by atoms with Crippen LogP contribution in [0, 0.1) is 6.92 Å². The number of carbonyl (C=O) groups excluding carboxylic acids is 2. The molecule has 0 unspecified atom stereocenters. The molecule has 0 aliphatic carbocycles. The van der Waals surface area contributed by atoms with Crippen molar-refractivity contribution in [3.63, 3.8) is 0 Å². The summed E-state index contributed by atoms with van der Waals surface area (Å²) < 4.78 is 26.5. The number of sulfonamides is 1. The first-order valence-electron chi connectivity index (χ1n) is 13.6. The lowest BCUT2D eigenvalue weighted by Crippen LogP contribution is -2.50. The van der Waals surface area contributed by atoms with E-state index in [4.69, 9.17) is 23.2 Å². The van der Waals surface area contributed by atoms with Crippen molar-refractivity contribution in [2.24, 2.45) is 0 Å². The molecule has 0 saturated heterocycles. The fourth-order valence-corrected chi connectivity index (χ4v) is 5.76. The van der Waals surface area contributed by atoms with Crippen LogP contribution in [0.4, 0.5) is 5.69 Å². The quantitative estimate of drug-likeness (QED) is 0.240. The number of aryl methyl sites for hydroxylation is 1. The van der Waals surface area contributed by atoms with E-state index in [-0.39, 0.29) is 37.7 Å². The number of hydrogen-bond donors (Lipinski definition) is 1. The average molecular weight is 619 g/mol. The summed E-state index contributed by atoms with van der Waals surface area (Å²) in [5.41, 5.74) is 3.20. The van der Waals surface area contributed by atoms with Gasteiger partial charge >= 0.3 is 0 Å². The van der Waals surface area contributed by atoms with E-state index in [1.54, 1.807) is 35.2 Å². The number of rotatable bonds is 14. The lowest BCUT2D eigenvalue weighted by atomic mass is 10.0. The van der Waals surface area contributed by atoms with Crippen molar-refractivity contribution in [3.8, 4) is 0 Å². The normalized spacial score (nSPS) is 12.0. The van der Waals surface area contributed by atoms with Gasteiger partial charge in [0.15, 0.2) is 0 Å². The number of hydrogen-bond acceptors (Lipinski definition) is 4. The maximum atomic E-state index is 13.8. The van der Waals surface area contributed by atoms with Gasteiger partial charge in [0.2, 0.25) is 21.8 Å². The fourth-order valence-electron chi connectivity index (χ4n) is 4.47. The van der Waals surface area contributed by atoms with Crippen molar-refractivity contribution in [2.45, 2.75) is 52.1 Å². The van der Waals surface area contributed by atoms with Gasteiger partial charge in [-0.3, -0.25) is 13.9 Å². The molecule has 220 valence electrons. The van der Waals surface area contributed by atoms with Crippen molar-refractivity contribution in [3.05, 3.63) is 99.5 Å². The molecular formula is C31H37Cl2N3O4S. The minimum atomic E-state index is -3.57. The lowest BCUT2D eigenvalue weighted by molar-refractivity contribution is -0.141. The van der Waals surface area contributed by atoms with Gasteiger partial charge in [0.05, 0.1) is 22.0 Å². The SMILES string of the molecule is CCCNC(=O)[C@H](Cc1ccccc1)N(Cc1ccc(Cl)c(Cl)c1)C(=O)CCCN(c1ccc(C)cc1)S(C)(=O)=O. The van der Waals surface area contributed by atoms with E-state index in [0.29, 0.717) is 28.7 Å². The Labute approximate surface area is 253 Å². The second-order valence-electron chi connectivity index (χ2n) is 10.0. The molecule has 10 heteroatoms. The number of halogens is 2. The Bertz CT molecular complexity index is 1420. The minimum absolute atomic E-state index is 0.0472. The summed E-state index contributed by atoms with van der Waals surface area (Å²) in [5, 5.41) is 3.70. The van der Waals surface area contributed by atoms with Crippen LogP contribution in [0.2, 0.25) is 10.0 Å². The van der Waals surface area contributed by atoms with E-state index in [1.165, 1.54) is 4.31 Å². The van der Waals surface area contributed by atoms with Crippen LogP contribution in [0.25, 0.3) is 0 Å². The lowest BCUT2D eigenvalue weighted by Gasteiger charge is -2.32. The predicted molar refractivity (Wildman–Crippen MR) is 167 cm³/mol. The summed E-state index contributed by atoms with van der Waals surface area (Å²) in [6.07, 6.45) is 2.55. The second kappa shape index (κ2) is 15.2. The Morgan fingerprint density at radius 3 is 2.22 bits per heavy atom. The third-order valence-corrected chi connectivity index (χ3v) is 8.56. The van der Waals surface area contributed by atoms with Crippen LogP contribution in [0.3, 0.4) is 0 Å². The molecule has 2 amide bonds. The van der Waals surface area contributed by atoms with Crippen molar-refractivity contribution in [2.75, 3.05) is 23.7 Å². The van der Waals surface area contributed by atoms with Crippen LogP contribution in [0.15, 0.2) is 72.8 Å². The molecule has 0 spiro atoms. The minimum Gasteiger partial charge on any atom is -0.354 e. The summed E-state index contributed by atoms with van der Waals surface area (Å²) >= 11 is 12.4. The topological polar surface area (TPSA) is 86.8 Å². The van der Waals surface area contributed by atoms with E-state index >= 15 is 0 Å². The summed E-state index contributed by atoms with van der Waals surface area (Å²) in [5.74, 6) is -0.512. The molecule has 3 rings (SSSR count). The van der Waals surface area contributed by atoms with E-state index in [0.717, 1.165) is 29.4 Å². The number of nitrogens with one attached hydrogen (secondary N) is 1. The molecule has 0 heterocycles. The molecule has 41 heavy (non-hydrogen) atoms. The van der Waals surface area contributed by atoms with Gasteiger partial charge in [-0.1, -0.05) is 84.2 Å². The maximum Gasteiger partial charge on any atom is 0.243 e. The van der Waals surface area contributed by atoms with Gasteiger partial charge in [-0.15, -0.1) is 0 Å².